The first-order chi connectivity index (χ1) is 17.2. The molecule has 3 heterocycles. The van der Waals surface area contributed by atoms with E-state index in [4.69, 9.17) is 0 Å². The molecule has 2 aromatic carbocycles. The fourth-order valence-corrected chi connectivity index (χ4v) is 5.79. The molecule has 2 aliphatic heterocycles. The second kappa shape index (κ2) is 11.4. The van der Waals surface area contributed by atoms with E-state index < -0.39 is 0 Å². The van der Waals surface area contributed by atoms with E-state index in [0.717, 1.165) is 58.5 Å². The van der Waals surface area contributed by atoms with Gasteiger partial charge in [-0.2, -0.15) is 0 Å². The van der Waals surface area contributed by atoms with E-state index in [2.05, 4.69) is 81.2 Å². The minimum absolute atomic E-state index is 0.163. The van der Waals surface area contributed by atoms with Gasteiger partial charge >= 0.3 is 0 Å². The van der Waals surface area contributed by atoms with Crippen molar-refractivity contribution in [3.05, 3.63) is 71.4 Å². The summed E-state index contributed by atoms with van der Waals surface area (Å²) in [5.41, 5.74) is 5.37. The number of carbonyl (C=O) groups is 1. The minimum Gasteiger partial charge on any atom is -0.356 e. The number of aryl methyl sites for hydroxylation is 1. The predicted molar refractivity (Wildman–Crippen MR) is 144 cm³/mol. The van der Waals surface area contributed by atoms with Crippen molar-refractivity contribution in [2.75, 3.05) is 39.3 Å². The van der Waals surface area contributed by atoms with E-state index in [1.807, 2.05) is 0 Å². The average Bonchev–Trinajstić information content (AvgIpc) is 3.52. The summed E-state index contributed by atoms with van der Waals surface area (Å²) in [5.74, 6) is 0.426. The molecule has 0 spiro atoms. The number of benzene rings is 2. The standard InChI is InChI=1S/C30H40N4O/c1-24-9-2-3-11-27(24)22-34-28(21-26-10-4-5-12-29(26)34)23-33-19-13-25(14-20-33)30(35)31-15-8-18-32-16-6-7-17-32/h2-5,9-12,21,25H,6-8,13-20,22-23H2,1H3,(H,31,35). The van der Waals surface area contributed by atoms with Gasteiger partial charge in [-0.25, -0.2) is 0 Å². The molecule has 1 N–H and O–H groups in total. The summed E-state index contributed by atoms with van der Waals surface area (Å²) in [7, 11) is 0. The first kappa shape index (κ1) is 24.1. The lowest BCUT2D eigenvalue weighted by Gasteiger charge is -2.31. The third-order valence-electron chi connectivity index (χ3n) is 7.98. The number of nitrogens with one attached hydrogen (secondary N) is 1. The summed E-state index contributed by atoms with van der Waals surface area (Å²) in [4.78, 5) is 17.8. The molecule has 2 fully saturated rings. The quantitative estimate of drug-likeness (QED) is 0.454. The lowest BCUT2D eigenvalue weighted by molar-refractivity contribution is -0.126. The van der Waals surface area contributed by atoms with Crippen LogP contribution in [0.5, 0.6) is 0 Å². The van der Waals surface area contributed by atoms with Crippen LogP contribution in [0, 0.1) is 12.8 Å². The molecule has 2 saturated heterocycles. The molecular weight excluding hydrogens is 432 g/mol. The monoisotopic (exact) mass is 472 g/mol. The molecule has 2 aliphatic rings. The Balaban J connectivity index is 1.16. The van der Waals surface area contributed by atoms with Crippen molar-refractivity contribution in [3.63, 3.8) is 0 Å². The van der Waals surface area contributed by atoms with E-state index in [0.29, 0.717) is 0 Å². The normalized spacial score (nSPS) is 17.9. The third-order valence-corrected chi connectivity index (χ3v) is 7.98. The van der Waals surface area contributed by atoms with E-state index in [1.165, 1.54) is 53.7 Å². The van der Waals surface area contributed by atoms with Gasteiger partial charge in [0.25, 0.3) is 0 Å². The number of amides is 1. The van der Waals surface area contributed by atoms with Crippen LogP contribution in [0.25, 0.3) is 10.9 Å². The van der Waals surface area contributed by atoms with Crippen molar-refractivity contribution in [2.24, 2.45) is 5.92 Å². The highest BCUT2D eigenvalue weighted by atomic mass is 16.1. The average molecular weight is 473 g/mol. The highest BCUT2D eigenvalue weighted by Gasteiger charge is 2.25. The lowest BCUT2D eigenvalue weighted by Crippen LogP contribution is -2.41. The van der Waals surface area contributed by atoms with Crippen LogP contribution in [0.3, 0.4) is 0 Å². The van der Waals surface area contributed by atoms with E-state index in [9.17, 15) is 4.79 Å². The van der Waals surface area contributed by atoms with Gasteiger partial charge in [0, 0.05) is 36.8 Å². The van der Waals surface area contributed by atoms with Gasteiger partial charge in [-0.3, -0.25) is 9.69 Å². The predicted octanol–water partition coefficient (Wildman–Crippen LogP) is 4.81. The van der Waals surface area contributed by atoms with Crippen LogP contribution in [0.4, 0.5) is 0 Å². The van der Waals surface area contributed by atoms with Crippen LogP contribution in [-0.4, -0.2) is 59.5 Å². The molecule has 186 valence electrons. The summed E-state index contributed by atoms with van der Waals surface area (Å²) in [6.07, 6.45) is 5.64. The van der Waals surface area contributed by atoms with E-state index in [1.54, 1.807) is 0 Å². The molecule has 35 heavy (non-hydrogen) atoms. The van der Waals surface area contributed by atoms with Crippen molar-refractivity contribution >= 4 is 16.8 Å². The molecule has 1 aromatic heterocycles. The zero-order valence-corrected chi connectivity index (χ0v) is 21.2. The third kappa shape index (κ3) is 5.96. The largest absolute Gasteiger partial charge is 0.356 e. The van der Waals surface area contributed by atoms with Crippen LogP contribution in [0.1, 0.15) is 48.9 Å². The number of aromatic nitrogens is 1. The molecule has 0 aliphatic carbocycles. The summed E-state index contributed by atoms with van der Waals surface area (Å²) in [6, 6.07) is 19.7. The van der Waals surface area contributed by atoms with Crippen molar-refractivity contribution < 1.29 is 4.79 Å². The number of rotatable bonds is 9. The number of likely N-dealkylation sites (tertiary alicyclic amines) is 2. The summed E-state index contributed by atoms with van der Waals surface area (Å²) in [5, 5.41) is 4.52. The SMILES string of the molecule is Cc1ccccc1Cn1c(CN2CCC(C(=O)NCCCN3CCCC3)CC2)cc2ccccc21. The van der Waals surface area contributed by atoms with Crippen molar-refractivity contribution in [2.45, 2.75) is 52.1 Å². The Morgan fingerprint density at radius 3 is 2.46 bits per heavy atom. The van der Waals surface area contributed by atoms with Crippen LogP contribution in [0.15, 0.2) is 54.6 Å². The smallest absolute Gasteiger partial charge is 0.223 e. The fraction of sp³-hybridized carbons (Fsp3) is 0.500. The number of para-hydroxylation sites is 1. The second-order valence-corrected chi connectivity index (χ2v) is 10.5. The van der Waals surface area contributed by atoms with Gasteiger partial charge in [0.05, 0.1) is 0 Å². The first-order valence-electron chi connectivity index (χ1n) is 13.5. The van der Waals surface area contributed by atoms with Crippen LogP contribution in [0.2, 0.25) is 0 Å². The summed E-state index contributed by atoms with van der Waals surface area (Å²) < 4.78 is 2.48. The van der Waals surface area contributed by atoms with Crippen LogP contribution < -0.4 is 5.32 Å². The molecule has 0 atom stereocenters. The van der Waals surface area contributed by atoms with Crippen LogP contribution in [-0.2, 0) is 17.9 Å². The molecule has 5 nitrogen and oxygen atoms in total. The molecule has 3 aromatic rings. The minimum atomic E-state index is 0.163. The zero-order chi connectivity index (χ0) is 24.0. The topological polar surface area (TPSA) is 40.5 Å². The Morgan fingerprint density at radius 2 is 1.66 bits per heavy atom. The first-order valence-corrected chi connectivity index (χ1v) is 13.5. The zero-order valence-electron chi connectivity index (χ0n) is 21.2. The highest BCUT2D eigenvalue weighted by molar-refractivity contribution is 5.81. The number of hydrogen-bond acceptors (Lipinski definition) is 3. The van der Waals surface area contributed by atoms with Gasteiger partial charge in [0.1, 0.15) is 0 Å². The van der Waals surface area contributed by atoms with Gasteiger partial charge in [-0.15, -0.1) is 0 Å². The number of hydrogen-bond donors (Lipinski definition) is 1. The van der Waals surface area contributed by atoms with Gasteiger partial charge < -0.3 is 14.8 Å². The Morgan fingerprint density at radius 1 is 0.914 bits per heavy atom. The fourth-order valence-electron chi connectivity index (χ4n) is 5.79. The summed E-state index contributed by atoms with van der Waals surface area (Å²) >= 11 is 0. The Kier molecular flexibility index (Phi) is 7.85. The van der Waals surface area contributed by atoms with E-state index >= 15 is 0 Å². The molecule has 5 rings (SSSR count). The Bertz CT molecular complexity index is 1120. The van der Waals surface area contributed by atoms with Crippen molar-refractivity contribution in [1.82, 2.24) is 19.7 Å². The van der Waals surface area contributed by atoms with Crippen molar-refractivity contribution in [1.29, 1.82) is 0 Å². The highest BCUT2D eigenvalue weighted by Crippen LogP contribution is 2.25. The Labute approximate surface area is 210 Å². The lowest BCUT2D eigenvalue weighted by atomic mass is 9.95. The molecule has 5 heteroatoms. The number of piperidine rings is 1. The molecule has 0 unspecified atom stereocenters. The molecule has 0 bridgehead atoms. The molecule has 0 radical (unpaired) electrons. The second-order valence-electron chi connectivity index (χ2n) is 10.5. The van der Waals surface area contributed by atoms with Gasteiger partial charge in [0.2, 0.25) is 5.91 Å². The maximum atomic E-state index is 12.7. The van der Waals surface area contributed by atoms with Crippen molar-refractivity contribution in [3.8, 4) is 0 Å². The maximum absolute atomic E-state index is 12.7. The number of carbonyl (C=O) groups excluding carboxylic acids is 1. The number of fused-ring (bicyclic) bond motifs is 1. The van der Waals surface area contributed by atoms with Gasteiger partial charge in [-0.05, 0) is 100 Å². The summed E-state index contributed by atoms with van der Waals surface area (Å²) in [6.45, 7) is 10.4. The number of nitrogens with zero attached hydrogens (tertiary/aromatic N) is 3. The van der Waals surface area contributed by atoms with Crippen LogP contribution >= 0.6 is 0 Å². The van der Waals surface area contributed by atoms with E-state index in [-0.39, 0.29) is 11.8 Å². The maximum Gasteiger partial charge on any atom is 0.223 e. The van der Waals surface area contributed by atoms with Gasteiger partial charge in [-0.1, -0.05) is 42.5 Å². The Hall–Kier alpha value is -2.63. The molecule has 0 saturated carbocycles. The van der Waals surface area contributed by atoms with Gasteiger partial charge in [0.15, 0.2) is 0 Å². The molecular formula is C30H40N4O. The molecule has 1 amide bonds.